The third kappa shape index (κ3) is 3.32. The van der Waals surface area contributed by atoms with Crippen LogP contribution in [-0.2, 0) is 9.53 Å². The lowest BCUT2D eigenvalue weighted by molar-refractivity contribution is -0.108. The number of rotatable bonds is 4. The molecule has 0 amide bonds. The molecule has 0 aromatic rings. The monoisotopic (exact) mass is 171 g/mol. The number of hydrogen-bond donors (Lipinski definition) is 0. The average Bonchev–Trinajstić information content (AvgIpc) is 2.06. The van der Waals surface area contributed by atoms with Crippen LogP contribution in [0.1, 0.15) is 13.3 Å². The Morgan fingerprint density at radius 1 is 1.50 bits per heavy atom. The number of aldehydes is 1. The Labute approximate surface area is 73.7 Å². The summed E-state index contributed by atoms with van der Waals surface area (Å²) in [5, 5.41) is 0. The van der Waals surface area contributed by atoms with Crippen LogP contribution < -0.4 is 0 Å². The predicted molar refractivity (Wildman–Crippen MR) is 47.1 cm³/mol. The van der Waals surface area contributed by atoms with E-state index >= 15 is 0 Å². The van der Waals surface area contributed by atoms with Crippen LogP contribution in [-0.4, -0.2) is 44.0 Å². The zero-order valence-electron chi connectivity index (χ0n) is 7.66. The zero-order valence-corrected chi connectivity index (χ0v) is 7.66. The second-order valence-corrected chi connectivity index (χ2v) is 3.42. The van der Waals surface area contributed by atoms with Crippen molar-refractivity contribution in [1.29, 1.82) is 0 Å². The standard InChI is InChI=1S/C9H17NO2/c1-9(2-5-11)8-10-3-6-12-7-4-10/h5,9H,2-4,6-8H2,1H3. The second kappa shape index (κ2) is 5.27. The van der Waals surface area contributed by atoms with Crippen LogP contribution >= 0.6 is 0 Å². The lowest BCUT2D eigenvalue weighted by atomic mass is 10.1. The minimum Gasteiger partial charge on any atom is -0.379 e. The topological polar surface area (TPSA) is 29.5 Å². The van der Waals surface area contributed by atoms with Gasteiger partial charge in [-0.15, -0.1) is 0 Å². The molecule has 1 atom stereocenters. The smallest absolute Gasteiger partial charge is 0.120 e. The highest BCUT2D eigenvalue weighted by Gasteiger charge is 2.12. The fourth-order valence-corrected chi connectivity index (χ4v) is 1.46. The van der Waals surface area contributed by atoms with Crippen LogP contribution in [0.25, 0.3) is 0 Å². The molecule has 0 aromatic carbocycles. The predicted octanol–water partition coefficient (Wildman–Crippen LogP) is 0.544. The molecule has 12 heavy (non-hydrogen) atoms. The molecule has 0 spiro atoms. The van der Waals surface area contributed by atoms with Gasteiger partial charge in [-0.05, 0) is 5.92 Å². The van der Waals surface area contributed by atoms with Crippen LogP contribution in [0, 0.1) is 5.92 Å². The number of carbonyl (C=O) groups is 1. The first-order chi connectivity index (χ1) is 5.83. The number of nitrogens with zero attached hydrogens (tertiary/aromatic N) is 1. The lowest BCUT2D eigenvalue weighted by Crippen LogP contribution is -2.38. The first-order valence-corrected chi connectivity index (χ1v) is 4.56. The number of morpholine rings is 1. The van der Waals surface area contributed by atoms with Gasteiger partial charge in [0.15, 0.2) is 0 Å². The highest BCUT2D eigenvalue weighted by Crippen LogP contribution is 2.05. The molecule has 0 N–H and O–H groups in total. The highest BCUT2D eigenvalue weighted by atomic mass is 16.5. The van der Waals surface area contributed by atoms with Crippen molar-refractivity contribution in [2.75, 3.05) is 32.8 Å². The average molecular weight is 171 g/mol. The molecule has 1 aliphatic rings. The Bertz CT molecular complexity index is 132. The van der Waals surface area contributed by atoms with Gasteiger partial charge in [-0.2, -0.15) is 0 Å². The van der Waals surface area contributed by atoms with Gasteiger partial charge in [0.25, 0.3) is 0 Å². The lowest BCUT2D eigenvalue weighted by Gasteiger charge is -2.28. The molecule has 1 fully saturated rings. The van der Waals surface area contributed by atoms with E-state index in [1.807, 2.05) is 0 Å². The minimum absolute atomic E-state index is 0.487. The third-order valence-corrected chi connectivity index (χ3v) is 2.17. The van der Waals surface area contributed by atoms with Crippen molar-refractivity contribution in [3.8, 4) is 0 Å². The van der Waals surface area contributed by atoms with E-state index in [4.69, 9.17) is 4.74 Å². The molecule has 0 radical (unpaired) electrons. The van der Waals surface area contributed by atoms with Gasteiger partial charge in [0.2, 0.25) is 0 Å². The van der Waals surface area contributed by atoms with Gasteiger partial charge in [0, 0.05) is 26.1 Å². The largest absolute Gasteiger partial charge is 0.379 e. The van der Waals surface area contributed by atoms with E-state index in [0.717, 1.165) is 39.1 Å². The molecule has 0 bridgehead atoms. The Hall–Kier alpha value is -0.410. The van der Waals surface area contributed by atoms with Crippen LogP contribution in [0.4, 0.5) is 0 Å². The van der Waals surface area contributed by atoms with E-state index in [1.54, 1.807) is 0 Å². The van der Waals surface area contributed by atoms with Gasteiger partial charge in [-0.1, -0.05) is 6.92 Å². The summed E-state index contributed by atoms with van der Waals surface area (Å²) in [6.45, 7) is 6.86. The molecule has 1 unspecified atom stereocenters. The Kier molecular flexibility index (Phi) is 4.25. The maximum Gasteiger partial charge on any atom is 0.120 e. The Morgan fingerprint density at radius 3 is 2.75 bits per heavy atom. The van der Waals surface area contributed by atoms with Crippen molar-refractivity contribution >= 4 is 6.29 Å². The van der Waals surface area contributed by atoms with E-state index in [2.05, 4.69) is 11.8 Å². The highest BCUT2D eigenvalue weighted by molar-refractivity contribution is 5.49. The van der Waals surface area contributed by atoms with Crippen molar-refractivity contribution < 1.29 is 9.53 Å². The molecule has 1 aliphatic heterocycles. The molecular weight excluding hydrogens is 154 g/mol. The molecule has 1 saturated heterocycles. The van der Waals surface area contributed by atoms with Gasteiger partial charge >= 0.3 is 0 Å². The Balaban J connectivity index is 2.15. The summed E-state index contributed by atoms with van der Waals surface area (Å²) < 4.78 is 5.23. The SMILES string of the molecule is CC(CC=O)CN1CCOCC1. The van der Waals surface area contributed by atoms with Crippen LogP contribution in [0.15, 0.2) is 0 Å². The van der Waals surface area contributed by atoms with Gasteiger partial charge in [0.1, 0.15) is 6.29 Å². The van der Waals surface area contributed by atoms with Crippen molar-refractivity contribution in [3.63, 3.8) is 0 Å². The van der Waals surface area contributed by atoms with Gasteiger partial charge in [-0.3, -0.25) is 4.90 Å². The van der Waals surface area contributed by atoms with Crippen molar-refractivity contribution in [2.45, 2.75) is 13.3 Å². The molecule has 70 valence electrons. The summed E-state index contributed by atoms with van der Waals surface area (Å²) >= 11 is 0. The molecule has 1 heterocycles. The molecule has 1 rings (SSSR count). The van der Waals surface area contributed by atoms with Gasteiger partial charge < -0.3 is 9.53 Å². The first kappa shape index (κ1) is 9.68. The molecule has 0 aliphatic carbocycles. The fraction of sp³-hybridized carbons (Fsp3) is 0.889. The summed E-state index contributed by atoms with van der Waals surface area (Å²) in [4.78, 5) is 12.6. The Morgan fingerprint density at radius 2 is 2.17 bits per heavy atom. The summed E-state index contributed by atoms with van der Waals surface area (Å²) in [7, 11) is 0. The fourth-order valence-electron chi connectivity index (χ4n) is 1.46. The minimum atomic E-state index is 0.487. The summed E-state index contributed by atoms with van der Waals surface area (Å²) in [6.07, 6.45) is 1.68. The number of ether oxygens (including phenoxy) is 1. The third-order valence-electron chi connectivity index (χ3n) is 2.17. The number of hydrogen-bond acceptors (Lipinski definition) is 3. The normalized spacial score (nSPS) is 22.1. The van der Waals surface area contributed by atoms with Crippen molar-refractivity contribution in [2.24, 2.45) is 5.92 Å². The summed E-state index contributed by atoms with van der Waals surface area (Å²) in [5.41, 5.74) is 0. The molecule has 0 saturated carbocycles. The molecular formula is C9H17NO2. The van der Waals surface area contributed by atoms with E-state index < -0.39 is 0 Å². The number of carbonyl (C=O) groups excluding carboxylic acids is 1. The van der Waals surface area contributed by atoms with Crippen LogP contribution in [0.2, 0.25) is 0 Å². The zero-order chi connectivity index (χ0) is 8.81. The molecule has 0 aromatic heterocycles. The maximum atomic E-state index is 10.2. The van der Waals surface area contributed by atoms with E-state index in [-0.39, 0.29) is 0 Å². The first-order valence-electron chi connectivity index (χ1n) is 4.56. The van der Waals surface area contributed by atoms with Gasteiger partial charge in [0.05, 0.1) is 13.2 Å². The summed E-state index contributed by atoms with van der Waals surface area (Å²) in [6, 6.07) is 0. The van der Waals surface area contributed by atoms with E-state index in [9.17, 15) is 4.79 Å². The van der Waals surface area contributed by atoms with E-state index in [1.165, 1.54) is 0 Å². The van der Waals surface area contributed by atoms with Crippen LogP contribution in [0.3, 0.4) is 0 Å². The molecule has 3 nitrogen and oxygen atoms in total. The maximum absolute atomic E-state index is 10.2. The quantitative estimate of drug-likeness (QED) is 0.578. The summed E-state index contributed by atoms with van der Waals surface area (Å²) in [5.74, 6) is 0.487. The second-order valence-electron chi connectivity index (χ2n) is 3.42. The van der Waals surface area contributed by atoms with Gasteiger partial charge in [-0.25, -0.2) is 0 Å². The van der Waals surface area contributed by atoms with Crippen molar-refractivity contribution in [3.05, 3.63) is 0 Å². The van der Waals surface area contributed by atoms with Crippen LogP contribution in [0.5, 0.6) is 0 Å². The van der Waals surface area contributed by atoms with Crippen molar-refractivity contribution in [1.82, 2.24) is 4.90 Å². The molecule has 3 heteroatoms. The van der Waals surface area contributed by atoms with E-state index in [0.29, 0.717) is 12.3 Å².